The van der Waals surface area contributed by atoms with Gasteiger partial charge in [-0.05, 0) is 17.9 Å². The van der Waals surface area contributed by atoms with Gasteiger partial charge in [0, 0.05) is 12.7 Å². The summed E-state index contributed by atoms with van der Waals surface area (Å²) in [6, 6.07) is 10.9. The molecule has 0 bridgehead atoms. The molecule has 124 valence electrons. The fourth-order valence-electron chi connectivity index (χ4n) is 2.20. The number of carbonyl (C=O) groups excluding carboxylic acids is 1. The molecule has 6 nitrogen and oxygen atoms in total. The Labute approximate surface area is 135 Å². The molecule has 0 unspecified atom stereocenters. The molecule has 3 N–H and O–H groups in total. The van der Waals surface area contributed by atoms with Crippen LogP contribution < -0.4 is 10.6 Å². The maximum absolute atomic E-state index is 12.0. The van der Waals surface area contributed by atoms with Crippen LogP contribution in [0.4, 0.5) is 4.79 Å². The molecule has 0 fully saturated rings. The van der Waals surface area contributed by atoms with Crippen molar-refractivity contribution in [2.75, 3.05) is 6.61 Å². The van der Waals surface area contributed by atoms with Gasteiger partial charge in [-0.3, -0.25) is 0 Å². The second kappa shape index (κ2) is 8.33. The van der Waals surface area contributed by atoms with Gasteiger partial charge in [0.1, 0.15) is 0 Å². The fourth-order valence-corrected chi connectivity index (χ4v) is 2.20. The number of nitrogens with zero attached hydrogens (tertiary/aromatic N) is 1. The van der Waals surface area contributed by atoms with Gasteiger partial charge >= 0.3 is 6.03 Å². The molecule has 0 aliphatic rings. The number of amides is 2. The Balaban J connectivity index is 1.89. The summed E-state index contributed by atoms with van der Waals surface area (Å²) in [5.41, 5.74) is 1.82. The third-order valence-electron chi connectivity index (χ3n) is 3.52. The van der Waals surface area contributed by atoms with Crippen molar-refractivity contribution < 1.29 is 14.4 Å². The van der Waals surface area contributed by atoms with E-state index < -0.39 is 0 Å². The highest BCUT2D eigenvalue weighted by molar-refractivity contribution is 5.74. The largest absolute Gasteiger partial charge is 0.396 e. The molecule has 2 aromatic rings. The van der Waals surface area contributed by atoms with E-state index in [1.54, 1.807) is 0 Å². The predicted molar refractivity (Wildman–Crippen MR) is 86.8 cm³/mol. The number of nitrogens with one attached hydrogen (secondary N) is 2. The summed E-state index contributed by atoms with van der Waals surface area (Å²) in [6.45, 7) is 4.33. The van der Waals surface area contributed by atoms with E-state index in [-0.39, 0.29) is 31.1 Å². The number of hydrogen-bond donors (Lipinski definition) is 3. The molecule has 0 saturated carbocycles. The summed E-state index contributed by atoms with van der Waals surface area (Å²) >= 11 is 0. The monoisotopic (exact) mass is 317 g/mol. The quantitative estimate of drug-likeness (QED) is 0.733. The molecule has 1 atom stereocenters. The van der Waals surface area contributed by atoms with Crippen LogP contribution in [0.25, 0.3) is 0 Å². The normalized spacial score (nSPS) is 12.2. The average Bonchev–Trinajstić information content (AvgIpc) is 3.03. The third kappa shape index (κ3) is 5.10. The lowest BCUT2D eigenvalue weighted by Gasteiger charge is -2.18. The minimum atomic E-state index is -0.310. The lowest BCUT2D eigenvalue weighted by molar-refractivity contribution is 0.227. The van der Waals surface area contributed by atoms with E-state index in [1.807, 2.05) is 50.2 Å². The molecular formula is C17H23N3O3. The van der Waals surface area contributed by atoms with Gasteiger partial charge in [0.25, 0.3) is 0 Å². The van der Waals surface area contributed by atoms with E-state index in [9.17, 15) is 9.90 Å². The van der Waals surface area contributed by atoms with E-state index in [0.29, 0.717) is 12.2 Å². The molecule has 6 heteroatoms. The van der Waals surface area contributed by atoms with Crippen molar-refractivity contribution >= 4 is 6.03 Å². The Kier molecular flexibility index (Phi) is 6.17. The number of urea groups is 1. The van der Waals surface area contributed by atoms with Crippen LogP contribution in [0.3, 0.4) is 0 Å². The predicted octanol–water partition coefficient (Wildman–Crippen LogP) is 2.72. The van der Waals surface area contributed by atoms with Gasteiger partial charge in [-0.1, -0.05) is 49.3 Å². The van der Waals surface area contributed by atoms with Crippen molar-refractivity contribution in [2.24, 2.45) is 0 Å². The number of aromatic nitrogens is 1. The number of aliphatic hydroxyl groups is 1. The minimum Gasteiger partial charge on any atom is -0.396 e. The summed E-state index contributed by atoms with van der Waals surface area (Å²) in [4.78, 5) is 12.0. The van der Waals surface area contributed by atoms with Gasteiger partial charge in [-0.2, -0.15) is 0 Å². The van der Waals surface area contributed by atoms with Crippen LogP contribution in [0.15, 0.2) is 40.9 Å². The second-order valence-electron chi connectivity index (χ2n) is 5.68. The first-order chi connectivity index (χ1) is 11.1. The molecule has 0 spiro atoms. The Hall–Kier alpha value is -2.34. The molecule has 0 aliphatic heterocycles. The Morgan fingerprint density at radius 2 is 2.04 bits per heavy atom. The Morgan fingerprint density at radius 3 is 2.65 bits per heavy atom. The van der Waals surface area contributed by atoms with E-state index in [0.717, 1.165) is 11.3 Å². The summed E-state index contributed by atoms with van der Waals surface area (Å²) in [7, 11) is 0. The third-order valence-corrected chi connectivity index (χ3v) is 3.52. The van der Waals surface area contributed by atoms with Crippen molar-refractivity contribution in [1.82, 2.24) is 15.8 Å². The minimum absolute atomic E-state index is 0.000304. The molecule has 1 aromatic carbocycles. The molecule has 2 rings (SSSR count). The Bertz CT molecular complexity index is 611. The maximum atomic E-state index is 12.0. The zero-order valence-corrected chi connectivity index (χ0v) is 13.5. The summed E-state index contributed by atoms with van der Waals surface area (Å²) in [5.74, 6) is 0.899. The van der Waals surface area contributed by atoms with Crippen molar-refractivity contribution in [3.05, 3.63) is 53.4 Å². The molecule has 1 aromatic heterocycles. The number of carbonyl (C=O) groups is 1. The lowest BCUT2D eigenvalue weighted by Crippen LogP contribution is -2.37. The highest BCUT2D eigenvalue weighted by Crippen LogP contribution is 2.16. The van der Waals surface area contributed by atoms with Crippen molar-refractivity contribution in [2.45, 2.75) is 38.8 Å². The van der Waals surface area contributed by atoms with Crippen LogP contribution in [0.1, 0.15) is 49.2 Å². The summed E-state index contributed by atoms with van der Waals surface area (Å²) in [5, 5.41) is 18.7. The standard InChI is InChI=1S/C17H23N3O3/c1-12(2)16-10-14(23-20-16)11-18-17(22)19-15(8-9-21)13-6-4-3-5-7-13/h3-7,10,12,15,21H,8-9,11H2,1-2H3,(H2,18,19,22)/t15-/m1/s1. The molecule has 0 aliphatic carbocycles. The van der Waals surface area contributed by atoms with E-state index in [2.05, 4.69) is 15.8 Å². The smallest absolute Gasteiger partial charge is 0.315 e. The van der Waals surface area contributed by atoms with Crippen LogP contribution in [0, 0.1) is 0 Å². The van der Waals surface area contributed by atoms with Crippen LogP contribution >= 0.6 is 0 Å². The van der Waals surface area contributed by atoms with Crippen molar-refractivity contribution in [3.63, 3.8) is 0 Å². The van der Waals surface area contributed by atoms with Gasteiger partial charge in [0.15, 0.2) is 5.76 Å². The lowest BCUT2D eigenvalue weighted by atomic mass is 10.0. The van der Waals surface area contributed by atoms with E-state index >= 15 is 0 Å². The highest BCUT2D eigenvalue weighted by atomic mass is 16.5. The van der Waals surface area contributed by atoms with Gasteiger partial charge in [0.2, 0.25) is 0 Å². The molecule has 23 heavy (non-hydrogen) atoms. The number of rotatable bonds is 7. The van der Waals surface area contributed by atoms with E-state index in [1.165, 1.54) is 0 Å². The van der Waals surface area contributed by atoms with Gasteiger partial charge in [0.05, 0.1) is 18.3 Å². The van der Waals surface area contributed by atoms with Gasteiger partial charge < -0.3 is 20.3 Å². The van der Waals surface area contributed by atoms with Crippen LogP contribution in [0.5, 0.6) is 0 Å². The van der Waals surface area contributed by atoms with Gasteiger partial charge in [-0.15, -0.1) is 0 Å². The number of hydrogen-bond acceptors (Lipinski definition) is 4. The second-order valence-corrected chi connectivity index (χ2v) is 5.68. The fraction of sp³-hybridized carbons (Fsp3) is 0.412. The molecule has 2 amide bonds. The first kappa shape index (κ1) is 17.0. The van der Waals surface area contributed by atoms with Crippen LogP contribution in [0.2, 0.25) is 0 Å². The summed E-state index contributed by atoms with van der Waals surface area (Å²) < 4.78 is 5.18. The van der Waals surface area contributed by atoms with Crippen LogP contribution in [-0.4, -0.2) is 22.9 Å². The molecule has 1 heterocycles. The van der Waals surface area contributed by atoms with Crippen molar-refractivity contribution in [3.8, 4) is 0 Å². The molecular weight excluding hydrogens is 294 g/mol. The molecule has 0 saturated heterocycles. The Morgan fingerprint density at radius 1 is 1.30 bits per heavy atom. The number of aliphatic hydroxyl groups excluding tert-OH is 1. The highest BCUT2D eigenvalue weighted by Gasteiger charge is 2.14. The zero-order valence-electron chi connectivity index (χ0n) is 13.5. The van der Waals surface area contributed by atoms with Crippen molar-refractivity contribution in [1.29, 1.82) is 0 Å². The maximum Gasteiger partial charge on any atom is 0.315 e. The van der Waals surface area contributed by atoms with Gasteiger partial charge in [-0.25, -0.2) is 4.79 Å². The number of benzene rings is 1. The SMILES string of the molecule is CC(C)c1cc(CNC(=O)N[C@H](CCO)c2ccccc2)on1. The average molecular weight is 317 g/mol. The molecule has 0 radical (unpaired) electrons. The van der Waals surface area contributed by atoms with Crippen LogP contribution in [-0.2, 0) is 6.54 Å². The summed E-state index contributed by atoms with van der Waals surface area (Å²) in [6.07, 6.45) is 0.456. The first-order valence-corrected chi connectivity index (χ1v) is 7.75. The zero-order chi connectivity index (χ0) is 16.7. The first-order valence-electron chi connectivity index (χ1n) is 7.75. The topological polar surface area (TPSA) is 87.4 Å². The van der Waals surface area contributed by atoms with E-state index in [4.69, 9.17) is 4.52 Å².